The summed E-state index contributed by atoms with van der Waals surface area (Å²) in [5.74, 6) is 0.409. The molecule has 146 valence electrons. The van der Waals surface area contributed by atoms with Crippen LogP contribution in [0.25, 0.3) is 0 Å². The molecule has 2 atom stereocenters. The third kappa shape index (κ3) is 3.86. The van der Waals surface area contributed by atoms with Gasteiger partial charge in [0.1, 0.15) is 5.37 Å². The fraction of sp³-hybridized carbons (Fsp3) is 0.300. The second-order valence-corrected chi connectivity index (χ2v) is 9.27. The van der Waals surface area contributed by atoms with Crippen molar-refractivity contribution in [1.29, 1.82) is 0 Å². The van der Waals surface area contributed by atoms with Crippen molar-refractivity contribution in [3.8, 4) is 0 Å². The van der Waals surface area contributed by atoms with Crippen molar-refractivity contribution in [1.82, 2.24) is 4.90 Å². The Labute approximate surface area is 182 Å². The molecule has 2 heterocycles. The molecule has 2 amide bonds. The first-order chi connectivity index (χ1) is 13.4. The topological polar surface area (TPSA) is 40.6 Å². The summed E-state index contributed by atoms with van der Waals surface area (Å²) >= 11 is 20.0. The van der Waals surface area contributed by atoms with Gasteiger partial charge in [-0.2, -0.15) is 0 Å². The normalized spacial score (nSPS) is 22.2. The van der Waals surface area contributed by atoms with Crippen molar-refractivity contribution in [2.45, 2.75) is 11.8 Å². The van der Waals surface area contributed by atoms with E-state index in [-0.39, 0.29) is 29.5 Å². The van der Waals surface area contributed by atoms with E-state index in [4.69, 9.17) is 34.8 Å². The highest BCUT2D eigenvalue weighted by Gasteiger charge is 2.41. The van der Waals surface area contributed by atoms with Gasteiger partial charge in [-0.15, -0.1) is 11.8 Å². The van der Waals surface area contributed by atoms with Gasteiger partial charge < -0.3 is 9.80 Å². The molecule has 0 saturated carbocycles. The maximum Gasteiger partial charge on any atom is 0.229 e. The van der Waals surface area contributed by atoms with E-state index >= 15 is 0 Å². The number of halogens is 3. The predicted molar refractivity (Wildman–Crippen MR) is 115 cm³/mol. The molecule has 2 aliphatic rings. The van der Waals surface area contributed by atoms with E-state index in [1.807, 2.05) is 11.0 Å². The molecule has 28 heavy (non-hydrogen) atoms. The van der Waals surface area contributed by atoms with Gasteiger partial charge in [0.25, 0.3) is 0 Å². The molecule has 0 radical (unpaired) electrons. The molecule has 2 aromatic carbocycles. The van der Waals surface area contributed by atoms with Crippen LogP contribution < -0.4 is 4.90 Å². The van der Waals surface area contributed by atoms with Gasteiger partial charge in [0, 0.05) is 51.6 Å². The quantitative estimate of drug-likeness (QED) is 0.633. The van der Waals surface area contributed by atoms with Gasteiger partial charge in [0.15, 0.2) is 0 Å². The molecule has 2 aliphatic heterocycles. The van der Waals surface area contributed by atoms with Crippen molar-refractivity contribution in [3.63, 3.8) is 0 Å². The molecule has 2 unspecified atom stereocenters. The lowest BCUT2D eigenvalue weighted by Gasteiger charge is -2.27. The first-order valence-corrected chi connectivity index (χ1v) is 11.1. The fourth-order valence-electron chi connectivity index (χ4n) is 3.63. The first-order valence-electron chi connectivity index (χ1n) is 8.87. The minimum absolute atomic E-state index is 0.00849. The first kappa shape index (κ1) is 19.9. The fourth-order valence-corrected chi connectivity index (χ4v) is 5.64. The third-order valence-corrected chi connectivity index (χ3v) is 7.07. The van der Waals surface area contributed by atoms with Crippen LogP contribution in [0.1, 0.15) is 17.4 Å². The van der Waals surface area contributed by atoms with Crippen molar-refractivity contribution in [3.05, 3.63) is 63.1 Å². The Kier molecular flexibility index (Phi) is 5.79. The molecule has 0 aromatic heterocycles. The van der Waals surface area contributed by atoms with Gasteiger partial charge in [0.2, 0.25) is 11.8 Å². The number of hydrogen-bond acceptors (Lipinski definition) is 3. The number of anilines is 1. The summed E-state index contributed by atoms with van der Waals surface area (Å²) in [6.07, 6.45) is 0.212. The highest BCUT2D eigenvalue weighted by atomic mass is 35.5. The third-order valence-electron chi connectivity index (χ3n) is 5.02. The van der Waals surface area contributed by atoms with Crippen molar-refractivity contribution in [2.24, 2.45) is 5.92 Å². The Morgan fingerprint density at radius 1 is 1.04 bits per heavy atom. The Morgan fingerprint density at radius 3 is 2.46 bits per heavy atom. The van der Waals surface area contributed by atoms with E-state index in [9.17, 15) is 9.59 Å². The van der Waals surface area contributed by atoms with Crippen LogP contribution in [-0.2, 0) is 9.59 Å². The standard InChI is InChI=1S/C20H17Cl3N2O2S/c21-13-1-4-15(5-2-13)25-11-12(9-18(25)26)19(27)24-7-8-28-20(24)16-6-3-14(22)10-17(16)23/h1-6,10,12,20H,7-9,11H2. The molecule has 2 aromatic rings. The van der Waals surface area contributed by atoms with E-state index in [1.165, 1.54) is 0 Å². The zero-order valence-electron chi connectivity index (χ0n) is 14.8. The summed E-state index contributed by atoms with van der Waals surface area (Å²) in [7, 11) is 0. The summed E-state index contributed by atoms with van der Waals surface area (Å²) in [6, 6.07) is 12.4. The molecular weight excluding hydrogens is 439 g/mol. The monoisotopic (exact) mass is 454 g/mol. The van der Waals surface area contributed by atoms with E-state index in [0.717, 1.165) is 17.0 Å². The summed E-state index contributed by atoms with van der Waals surface area (Å²) in [5.41, 5.74) is 1.64. The van der Waals surface area contributed by atoms with E-state index in [0.29, 0.717) is 28.2 Å². The van der Waals surface area contributed by atoms with Gasteiger partial charge in [-0.1, -0.05) is 40.9 Å². The molecule has 2 saturated heterocycles. The predicted octanol–water partition coefficient (Wildman–Crippen LogP) is 5.27. The molecule has 0 bridgehead atoms. The molecule has 0 aliphatic carbocycles. The SMILES string of the molecule is O=C1CC(C(=O)N2CCSC2c2ccc(Cl)cc2Cl)CN1c1ccc(Cl)cc1. The Bertz CT molecular complexity index is 922. The Morgan fingerprint density at radius 2 is 1.75 bits per heavy atom. The van der Waals surface area contributed by atoms with Gasteiger partial charge in [-0.25, -0.2) is 0 Å². The van der Waals surface area contributed by atoms with E-state index < -0.39 is 0 Å². The van der Waals surface area contributed by atoms with Crippen molar-refractivity contribution >= 4 is 64.1 Å². The zero-order chi connectivity index (χ0) is 19.8. The minimum Gasteiger partial charge on any atom is -0.325 e. The van der Waals surface area contributed by atoms with Crippen molar-refractivity contribution in [2.75, 3.05) is 23.7 Å². The Hall–Kier alpha value is -1.40. The maximum absolute atomic E-state index is 13.2. The average molecular weight is 456 g/mol. The molecule has 8 heteroatoms. The largest absolute Gasteiger partial charge is 0.325 e. The van der Waals surface area contributed by atoms with Crippen LogP contribution in [0, 0.1) is 5.92 Å². The van der Waals surface area contributed by atoms with Gasteiger partial charge in [-0.05, 0) is 36.4 Å². The lowest BCUT2D eigenvalue weighted by molar-refractivity contribution is -0.136. The van der Waals surface area contributed by atoms with Gasteiger partial charge >= 0.3 is 0 Å². The number of amides is 2. The van der Waals surface area contributed by atoms with E-state index in [1.54, 1.807) is 53.1 Å². The van der Waals surface area contributed by atoms with Crippen LogP contribution >= 0.6 is 46.6 Å². The van der Waals surface area contributed by atoms with Crippen LogP contribution in [0.2, 0.25) is 15.1 Å². The summed E-state index contributed by atoms with van der Waals surface area (Å²) in [6.45, 7) is 1.01. The number of thioether (sulfide) groups is 1. The minimum atomic E-state index is -0.365. The van der Waals surface area contributed by atoms with Crippen LogP contribution in [0.4, 0.5) is 5.69 Å². The zero-order valence-corrected chi connectivity index (χ0v) is 17.9. The van der Waals surface area contributed by atoms with Gasteiger partial charge in [-0.3, -0.25) is 9.59 Å². The number of carbonyl (C=O) groups is 2. The van der Waals surface area contributed by atoms with Crippen LogP contribution in [0.5, 0.6) is 0 Å². The maximum atomic E-state index is 13.2. The van der Waals surface area contributed by atoms with Gasteiger partial charge in [0.05, 0.1) is 5.92 Å². The lowest BCUT2D eigenvalue weighted by atomic mass is 10.1. The smallest absolute Gasteiger partial charge is 0.229 e. The van der Waals surface area contributed by atoms with Crippen molar-refractivity contribution < 1.29 is 9.59 Å². The average Bonchev–Trinajstić information content (AvgIpc) is 3.29. The summed E-state index contributed by atoms with van der Waals surface area (Å²) in [4.78, 5) is 29.2. The molecular formula is C20H17Cl3N2O2S. The lowest BCUT2D eigenvalue weighted by Crippen LogP contribution is -2.37. The molecule has 2 fully saturated rings. The van der Waals surface area contributed by atoms with Crippen LogP contribution in [0.15, 0.2) is 42.5 Å². The second kappa shape index (κ2) is 8.15. The number of nitrogens with zero attached hydrogens (tertiary/aromatic N) is 2. The highest BCUT2D eigenvalue weighted by Crippen LogP contribution is 2.43. The molecule has 0 N–H and O–H groups in total. The molecule has 4 nitrogen and oxygen atoms in total. The second-order valence-electron chi connectivity index (χ2n) is 6.80. The summed E-state index contributed by atoms with van der Waals surface area (Å²) in [5, 5.41) is 1.57. The number of rotatable bonds is 3. The van der Waals surface area contributed by atoms with Crippen LogP contribution in [-0.4, -0.2) is 35.6 Å². The highest BCUT2D eigenvalue weighted by molar-refractivity contribution is 7.99. The van der Waals surface area contributed by atoms with Crippen LogP contribution in [0.3, 0.4) is 0 Å². The number of hydrogen-bond donors (Lipinski definition) is 0. The molecule has 4 rings (SSSR count). The molecule has 0 spiro atoms. The Balaban J connectivity index is 1.52. The number of carbonyl (C=O) groups excluding carboxylic acids is 2. The summed E-state index contributed by atoms with van der Waals surface area (Å²) < 4.78 is 0. The van der Waals surface area contributed by atoms with E-state index in [2.05, 4.69) is 0 Å². The number of benzene rings is 2.